The van der Waals surface area contributed by atoms with Gasteiger partial charge in [-0.05, 0) is 26.0 Å². The summed E-state index contributed by atoms with van der Waals surface area (Å²) in [7, 11) is 7.47. The molecule has 0 aromatic heterocycles. The average Bonchev–Trinajstić information content (AvgIpc) is 2.53. The Bertz CT molecular complexity index is 486. The van der Waals surface area contributed by atoms with Gasteiger partial charge in [0.2, 0.25) is 5.91 Å². The Kier molecular flexibility index (Phi) is 9.17. The highest BCUT2D eigenvalue weighted by atomic mass is 16.5. The molecular formula is C16H26BN3O3. The topological polar surface area (TPSA) is 76.8 Å². The van der Waals surface area contributed by atoms with Gasteiger partial charge in [-0.2, -0.15) is 0 Å². The zero-order valence-corrected chi connectivity index (χ0v) is 14.0. The number of carbonyl (C=O) groups excluding carboxylic acids is 1. The van der Waals surface area contributed by atoms with Gasteiger partial charge in [-0.15, -0.1) is 0 Å². The Hall–Kier alpha value is -1.73. The number of nitrogens with zero attached hydrogens (tertiary/aromatic N) is 1. The smallest absolute Gasteiger partial charge is 0.220 e. The molecule has 0 aliphatic heterocycles. The van der Waals surface area contributed by atoms with Crippen molar-refractivity contribution in [1.29, 1.82) is 0 Å². The third kappa shape index (κ3) is 7.39. The minimum Gasteiger partial charge on any atom is -0.496 e. The van der Waals surface area contributed by atoms with Crippen molar-refractivity contribution in [2.45, 2.75) is 26.3 Å². The van der Waals surface area contributed by atoms with Crippen molar-refractivity contribution in [3.05, 3.63) is 23.8 Å². The molecule has 0 aliphatic carbocycles. The summed E-state index contributed by atoms with van der Waals surface area (Å²) in [5.74, 6) is 1.48. The second-order valence-electron chi connectivity index (χ2n) is 5.14. The van der Waals surface area contributed by atoms with E-state index in [2.05, 4.69) is 5.32 Å². The van der Waals surface area contributed by atoms with Crippen molar-refractivity contribution < 1.29 is 14.3 Å². The number of ether oxygens (including phenoxy) is 2. The maximum absolute atomic E-state index is 11.3. The van der Waals surface area contributed by atoms with Gasteiger partial charge >= 0.3 is 0 Å². The van der Waals surface area contributed by atoms with Crippen LogP contribution in [0.1, 0.15) is 25.3 Å². The first-order valence-electron chi connectivity index (χ1n) is 7.86. The van der Waals surface area contributed by atoms with Gasteiger partial charge in [0.25, 0.3) is 0 Å². The van der Waals surface area contributed by atoms with Crippen molar-refractivity contribution in [2.75, 3.05) is 33.4 Å². The minimum atomic E-state index is 0.0481. The molecule has 126 valence electrons. The molecule has 1 aromatic carbocycles. The number of rotatable bonds is 11. The summed E-state index contributed by atoms with van der Waals surface area (Å²) in [5.41, 5.74) is 6.46. The van der Waals surface area contributed by atoms with E-state index in [0.717, 1.165) is 11.3 Å². The van der Waals surface area contributed by atoms with Crippen LogP contribution in [0.15, 0.2) is 18.2 Å². The number of hydrogen-bond acceptors (Lipinski definition) is 5. The summed E-state index contributed by atoms with van der Waals surface area (Å²) in [5, 5.41) is 2.76. The van der Waals surface area contributed by atoms with Crippen molar-refractivity contribution in [2.24, 2.45) is 5.73 Å². The van der Waals surface area contributed by atoms with Crippen molar-refractivity contribution in [1.82, 2.24) is 10.1 Å². The fourth-order valence-electron chi connectivity index (χ4n) is 2.12. The van der Waals surface area contributed by atoms with Crippen molar-refractivity contribution in [3.8, 4) is 11.5 Å². The molecule has 23 heavy (non-hydrogen) atoms. The molecule has 1 aromatic rings. The molecule has 1 rings (SSSR count). The lowest BCUT2D eigenvalue weighted by Crippen LogP contribution is -2.26. The fraction of sp³-hybridized carbons (Fsp3) is 0.562. The van der Waals surface area contributed by atoms with Crippen LogP contribution >= 0.6 is 0 Å². The van der Waals surface area contributed by atoms with Crippen LogP contribution in [-0.4, -0.2) is 52.1 Å². The Morgan fingerprint density at radius 3 is 2.87 bits per heavy atom. The van der Waals surface area contributed by atoms with Crippen LogP contribution in [0.4, 0.5) is 0 Å². The second kappa shape index (κ2) is 10.9. The van der Waals surface area contributed by atoms with Crippen LogP contribution in [0.5, 0.6) is 11.5 Å². The molecule has 0 unspecified atom stereocenters. The van der Waals surface area contributed by atoms with E-state index in [0.29, 0.717) is 51.4 Å². The van der Waals surface area contributed by atoms with E-state index < -0.39 is 0 Å². The molecule has 6 nitrogen and oxygen atoms in total. The van der Waals surface area contributed by atoms with Gasteiger partial charge in [-0.1, -0.05) is 6.07 Å². The molecule has 0 bridgehead atoms. The molecular weight excluding hydrogens is 293 g/mol. The predicted molar refractivity (Wildman–Crippen MR) is 91.6 cm³/mol. The highest BCUT2D eigenvalue weighted by Crippen LogP contribution is 2.25. The van der Waals surface area contributed by atoms with Crippen LogP contribution in [0.2, 0.25) is 0 Å². The summed E-state index contributed by atoms with van der Waals surface area (Å²) in [6, 6.07) is 5.63. The lowest BCUT2D eigenvalue weighted by Gasteiger charge is -2.18. The molecule has 0 spiro atoms. The van der Waals surface area contributed by atoms with Crippen LogP contribution in [0.3, 0.4) is 0 Å². The molecule has 0 fully saturated rings. The van der Waals surface area contributed by atoms with E-state index in [4.69, 9.17) is 23.2 Å². The first-order valence-corrected chi connectivity index (χ1v) is 7.86. The second-order valence-corrected chi connectivity index (χ2v) is 5.14. The van der Waals surface area contributed by atoms with E-state index >= 15 is 0 Å². The number of methoxy groups -OCH3 is 1. The molecule has 7 heteroatoms. The van der Waals surface area contributed by atoms with Crippen LogP contribution in [0.25, 0.3) is 0 Å². The Morgan fingerprint density at radius 2 is 2.22 bits per heavy atom. The first-order chi connectivity index (χ1) is 11.1. The molecule has 0 aliphatic rings. The number of hydrogen-bond donors (Lipinski definition) is 2. The number of benzene rings is 1. The van der Waals surface area contributed by atoms with E-state index in [1.165, 1.54) is 0 Å². The Balaban J connectivity index is 2.50. The highest BCUT2D eigenvalue weighted by molar-refractivity contribution is 6.04. The van der Waals surface area contributed by atoms with Crippen molar-refractivity contribution in [3.63, 3.8) is 0 Å². The standard InChI is InChI=1S/C16H26BN3O3/c1-3-19-16(21)5-4-10-23-14-7-6-13(15(11-14)22-2)12-20(17)9-8-18/h6-7,11H,3-5,8-10,12,18H2,1-2H3,(H,19,21). The van der Waals surface area contributed by atoms with Crippen LogP contribution in [-0.2, 0) is 11.3 Å². The van der Waals surface area contributed by atoms with E-state index in [-0.39, 0.29) is 5.91 Å². The monoisotopic (exact) mass is 319 g/mol. The largest absolute Gasteiger partial charge is 0.496 e. The van der Waals surface area contributed by atoms with Crippen LogP contribution in [0, 0.1) is 0 Å². The van der Waals surface area contributed by atoms with Gasteiger partial charge < -0.3 is 25.3 Å². The summed E-state index contributed by atoms with van der Waals surface area (Å²) in [6.07, 6.45) is 1.13. The van der Waals surface area contributed by atoms with E-state index in [1.54, 1.807) is 11.9 Å². The molecule has 0 atom stereocenters. The van der Waals surface area contributed by atoms with Gasteiger partial charge in [0, 0.05) is 37.7 Å². The number of amides is 1. The SMILES string of the molecule is [B]N(CCN)Cc1ccc(OCCCC(=O)NCC)cc1OC. The highest BCUT2D eigenvalue weighted by Gasteiger charge is 2.08. The third-order valence-corrected chi connectivity index (χ3v) is 3.24. The maximum atomic E-state index is 11.3. The molecule has 0 saturated carbocycles. The first kappa shape index (κ1) is 19.3. The molecule has 0 saturated heterocycles. The molecule has 2 radical (unpaired) electrons. The lowest BCUT2D eigenvalue weighted by atomic mass is 10.1. The normalized spacial score (nSPS) is 10.6. The predicted octanol–water partition coefficient (Wildman–Crippen LogP) is 0.835. The number of nitrogens with two attached hydrogens (primary N) is 1. The summed E-state index contributed by atoms with van der Waals surface area (Å²) < 4.78 is 11.0. The number of carbonyl (C=O) groups is 1. The van der Waals surface area contributed by atoms with Crippen molar-refractivity contribution >= 4 is 13.9 Å². The van der Waals surface area contributed by atoms with Crippen LogP contribution < -0.4 is 20.5 Å². The van der Waals surface area contributed by atoms with Gasteiger partial charge in [0.1, 0.15) is 11.5 Å². The van der Waals surface area contributed by atoms with Gasteiger partial charge in [-0.3, -0.25) is 4.79 Å². The number of nitrogens with one attached hydrogen (secondary N) is 1. The summed E-state index contributed by atoms with van der Waals surface area (Å²) in [6.45, 7) is 4.71. The van der Waals surface area contributed by atoms with E-state index in [9.17, 15) is 4.79 Å². The summed E-state index contributed by atoms with van der Waals surface area (Å²) in [4.78, 5) is 13.0. The Morgan fingerprint density at radius 1 is 1.43 bits per heavy atom. The van der Waals surface area contributed by atoms with Gasteiger partial charge in [0.15, 0.2) is 7.98 Å². The zero-order valence-electron chi connectivity index (χ0n) is 14.0. The Labute approximate surface area is 139 Å². The summed E-state index contributed by atoms with van der Waals surface area (Å²) >= 11 is 0. The molecule has 1 amide bonds. The average molecular weight is 319 g/mol. The lowest BCUT2D eigenvalue weighted by molar-refractivity contribution is -0.121. The third-order valence-electron chi connectivity index (χ3n) is 3.24. The zero-order chi connectivity index (χ0) is 17.1. The quantitative estimate of drug-likeness (QED) is 0.467. The molecule has 0 heterocycles. The van der Waals surface area contributed by atoms with Gasteiger partial charge in [0.05, 0.1) is 13.7 Å². The fourth-order valence-corrected chi connectivity index (χ4v) is 2.12. The molecule has 3 N–H and O–H groups in total. The van der Waals surface area contributed by atoms with Gasteiger partial charge in [-0.25, -0.2) is 0 Å². The van der Waals surface area contributed by atoms with E-state index in [1.807, 2.05) is 25.1 Å². The minimum absolute atomic E-state index is 0.0481. The maximum Gasteiger partial charge on any atom is 0.220 e.